The molecule has 0 atom stereocenters. The topological polar surface area (TPSA) is 34.9 Å². The van der Waals surface area contributed by atoms with Gasteiger partial charge in [0.25, 0.3) is 0 Å². The molecule has 3 aromatic carbocycles. The molecule has 1 aromatic heterocycles. The van der Waals surface area contributed by atoms with Crippen molar-refractivity contribution in [3.63, 3.8) is 0 Å². The van der Waals surface area contributed by atoms with E-state index in [-0.39, 0.29) is 0 Å². The molecule has 3 nitrogen and oxygen atoms in total. The quantitative estimate of drug-likeness (QED) is 0.540. The Kier molecular flexibility index (Phi) is 3.59. The number of fused-ring (bicyclic) bond motifs is 1. The van der Waals surface area contributed by atoms with E-state index >= 15 is 0 Å². The summed E-state index contributed by atoms with van der Waals surface area (Å²) in [5, 5.41) is 7.81. The largest absolute Gasteiger partial charge is 0.309 e. The minimum Gasteiger partial charge on any atom is -0.309 e. The summed E-state index contributed by atoms with van der Waals surface area (Å²) in [6.07, 6.45) is 1.81. The van der Waals surface area contributed by atoms with Gasteiger partial charge in [-0.1, -0.05) is 72.8 Å². The van der Waals surface area contributed by atoms with Crippen LogP contribution < -0.4 is 15.9 Å². The zero-order chi connectivity index (χ0) is 16.6. The van der Waals surface area contributed by atoms with Gasteiger partial charge in [0, 0.05) is 28.3 Å². The summed E-state index contributed by atoms with van der Waals surface area (Å²) < 4.78 is 16.2. The van der Waals surface area contributed by atoms with Crippen LogP contribution in [0.2, 0.25) is 0 Å². The molecule has 0 fully saturated rings. The summed E-state index contributed by atoms with van der Waals surface area (Å²) in [4.78, 5) is 0. The van der Waals surface area contributed by atoms with Gasteiger partial charge in [0.15, 0.2) is 7.14 Å². The van der Waals surface area contributed by atoms with Crippen LogP contribution in [-0.2, 0) is 11.6 Å². The molecule has 0 amide bonds. The minimum absolute atomic E-state index is 0.838. The number of hydrogen-bond acceptors (Lipinski definition) is 2. The third-order valence-electron chi connectivity index (χ3n) is 4.35. The molecule has 0 radical (unpaired) electrons. The van der Waals surface area contributed by atoms with Crippen LogP contribution in [0.5, 0.6) is 0 Å². The Hall–Kier alpha value is -2.64. The summed E-state index contributed by atoms with van der Waals surface area (Å²) in [5.74, 6) is 0. The highest BCUT2D eigenvalue weighted by molar-refractivity contribution is 7.85. The fourth-order valence-corrected chi connectivity index (χ4v) is 5.99. The Balaban J connectivity index is 2.09. The van der Waals surface area contributed by atoms with Gasteiger partial charge >= 0.3 is 0 Å². The number of benzene rings is 3. The van der Waals surface area contributed by atoms with Gasteiger partial charge in [0.2, 0.25) is 0 Å². The molecule has 1 heterocycles. The number of aryl methyl sites for hydroxylation is 1. The number of nitrogens with zero attached hydrogens (tertiary/aromatic N) is 2. The fourth-order valence-electron chi connectivity index (χ4n) is 3.14. The molecular formula is C20H17N2OP. The van der Waals surface area contributed by atoms with Crippen molar-refractivity contribution in [2.75, 3.05) is 0 Å². The maximum absolute atomic E-state index is 14.4. The van der Waals surface area contributed by atoms with Gasteiger partial charge in [0.1, 0.15) is 0 Å². The molecule has 0 bridgehead atoms. The summed E-state index contributed by atoms with van der Waals surface area (Å²) >= 11 is 0. The summed E-state index contributed by atoms with van der Waals surface area (Å²) in [7, 11) is -1.06. The van der Waals surface area contributed by atoms with Crippen LogP contribution in [0.3, 0.4) is 0 Å². The SMILES string of the molecule is Cn1ncc2c(P(=O)(c3ccccc3)c3ccccc3)cccc21. The lowest BCUT2D eigenvalue weighted by molar-refractivity contribution is 0.592. The summed E-state index contributed by atoms with van der Waals surface area (Å²) in [6.45, 7) is 0. The molecule has 0 spiro atoms. The molecule has 0 aliphatic heterocycles. The molecule has 0 unspecified atom stereocenters. The van der Waals surface area contributed by atoms with Gasteiger partial charge in [-0.2, -0.15) is 5.10 Å². The number of rotatable bonds is 3. The van der Waals surface area contributed by atoms with Crippen molar-refractivity contribution in [2.45, 2.75) is 0 Å². The third kappa shape index (κ3) is 2.21. The molecule has 0 saturated carbocycles. The molecule has 0 aliphatic rings. The highest BCUT2D eigenvalue weighted by Gasteiger charge is 2.31. The van der Waals surface area contributed by atoms with Crippen LogP contribution in [0.25, 0.3) is 10.9 Å². The van der Waals surface area contributed by atoms with Crippen molar-refractivity contribution in [1.29, 1.82) is 0 Å². The summed E-state index contributed by atoms with van der Waals surface area (Å²) in [6, 6.07) is 25.4. The van der Waals surface area contributed by atoms with E-state index in [9.17, 15) is 4.57 Å². The Bertz CT molecular complexity index is 996. The van der Waals surface area contributed by atoms with Crippen molar-refractivity contribution >= 4 is 34.0 Å². The Morgan fingerprint density at radius 1 is 0.792 bits per heavy atom. The Morgan fingerprint density at radius 2 is 1.38 bits per heavy atom. The predicted octanol–water partition coefficient (Wildman–Crippen LogP) is 3.21. The first-order valence-electron chi connectivity index (χ1n) is 7.84. The first-order valence-corrected chi connectivity index (χ1v) is 9.54. The highest BCUT2D eigenvalue weighted by atomic mass is 31.2. The van der Waals surface area contributed by atoms with Gasteiger partial charge in [-0.15, -0.1) is 0 Å². The maximum atomic E-state index is 14.4. The second-order valence-corrected chi connectivity index (χ2v) is 8.49. The molecular weight excluding hydrogens is 315 g/mol. The monoisotopic (exact) mass is 332 g/mol. The van der Waals surface area contributed by atoms with Crippen LogP contribution in [0.1, 0.15) is 0 Å². The van der Waals surface area contributed by atoms with Crippen molar-refractivity contribution in [1.82, 2.24) is 9.78 Å². The summed E-state index contributed by atoms with van der Waals surface area (Å²) in [5.41, 5.74) is 0.986. The first-order chi connectivity index (χ1) is 11.7. The van der Waals surface area contributed by atoms with E-state index in [4.69, 9.17) is 0 Å². The highest BCUT2D eigenvalue weighted by Crippen LogP contribution is 2.44. The predicted molar refractivity (Wildman–Crippen MR) is 100 cm³/mol. The lowest BCUT2D eigenvalue weighted by atomic mass is 10.2. The van der Waals surface area contributed by atoms with Crippen LogP contribution in [0.15, 0.2) is 85.1 Å². The van der Waals surface area contributed by atoms with E-state index in [1.807, 2.05) is 96.8 Å². The van der Waals surface area contributed by atoms with E-state index in [2.05, 4.69) is 5.10 Å². The molecule has 4 heteroatoms. The average Bonchev–Trinajstić information content (AvgIpc) is 3.04. The van der Waals surface area contributed by atoms with Crippen molar-refractivity contribution in [3.05, 3.63) is 85.1 Å². The fraction of sp³-hybridized carbons (Fsp3) is 0.0500. The van der Waals surface area contributed by atoms with E-state index in [0.717, 1.165) is 26.8 Å². The minimum atomic E-state index is -2.96. The Labute approximate surface area is 140 Å². The molecule has 0 aliphatic carbocycles. The standard InChI is InChI=1S/C20H17N2OP/c1-22-19-13-8-14-20(18(19)15-21-22)24(23,16-9-4-2-5-10-16)17-11-6-3-7-12-17/h2-15H,1H3. The van der Waals surface area contributed by atoms with Crippen LogP contribution in [-0.4, -0.2) is 9.78 Å². The van der Waals surface area contributed by atoms with Crippen LogP contribution >= 0.6 is 7.14 Å². The van der Waals surface area contributed by atoms with Gasteiger partial charge in [-0.25, -0.2) is 0 Å². The molecule has 24 heavy (non-hydrogen) atoms. The van der Waals surface area contributed by atoms with Crippen molar-refractivity contribution in [2.24, 2.45) is 7.05 Å². The van der Waals surface area contributed by atoms with E-state index in [1.54, 1.807) is 0 Å². The second-order valence-electron chi connectivity index (χ2n) is 5.76. The van der Waals surface area contributed by atoms with Gasteiger partial charge in [-0.05, 0) is 6.07 Å². The Morgan fingerprint density at radius 3 is 1.96 bits per heavy atom. The van der Waals surface area contributed by atoms with Crippen molar-refractivity contribution in [3.8, 4) is 0 Å². The number of aromatic nitrogens is 2. The van der Waals surface area contributed by atoms with E-state index in [1.165, 1.54) is 0 Å². The molecule has 4 rings (SSSR count). The van der Waals surface area contributed by atoms with Gasteiger partial charge in [0.05, 0.1) is 11.7 Å². The zero-order valence-corrected chi connectivity index (χ0v) is 14.2. The smallest absolute Gasteiger partial charge is 0.171 e. The third-order valence-corrected chi connectivity index (χ3v) is 7.47. The average molecular weight is 332 g/mol. The van der Waals surface area contributed by atoms with Crippen molar-refractivity contribution < 1.29 is 4.57 Å². The second kappa shape index (κ2) is 5.77. The normalized spacial score (nSPS) is 11.7. The first kappa shape index (κ1) is 14.9. The zero-order valence-electron chi connectivity index (χ0n) is 13.3. The van der Waals surface area contributed by atoms with Crippen LogP contribution in [0.4, 0.5) is 0 Å². The van der Waals surface area contributed by atoms with E-state index < -0.39 is 7.14 Å². The number of hydrogen-bond donors (Lipinski definition) is 0. The lowest BCUT2D eigenvalue weighted by Crippen LogP contribution is -2.25. The van der Waals surface area contributed by atoms with Gasteiger partial charge in [-0.3, -0.25) is 4.68 Å². The van der Waals surface area contributed by atoms with Crippen LogP contribution in [0, 0.1) is 0 Å². The molecule has 4 aromatic rings. The van der Waals surface area contributed by atoms with E-state index in [0.29, 0.717) is 0 Å². The lowest BCUT2D eigenvalue weighted by Gasteiger charge is -2.20. The molecule has 0 N–H and O–H groups in total. The molecule has 118 valence electrons. The molecule has 0 saturated heterocycles. The maximum Gasteiger partial charge on any atom is 0.171 e. The van der Waals surface area contributed by atoms with Gasteiger partial charge < -0.3 is 4.57 Å².